The molecule has 0 saturated carbocycles. The van der Waals surface area contributed by atoms with Crippen LogP contribution in [0.5, 0.6) is 5.75 Å². The van der Waals surface area contributed by atoms with Gasteiger partial charge in [-0.05, 0) is 54.1 Å². The maximum atomic E-state index is 13.5. The third-order valence-corrected chi connectivity index (χ3v) is 7.75. The minimum atomic E-state index is -4.72. The fourth-order valence-corrected chi connectivity index (χ4v) is 5.49. The van der Waals surface area contributed by atoms with Crippen LogP contribution in [0.1, 0.15) is 21.5 Å². The van der Waals surface area contributed by atoms with E-state index in [1.807, 2.05) is 0 Å². The molecule has 1 unspecified atom stereocenters. The number of para-hydroxylation sites is 1. The molecule has 0 aliphatic carbocycles. The first-order valence-corrected chi connectivity index (χ1v) is 12.3. The smallest absolute Gasteiger partial charge is 0.416 e. The van der Waals surface area contributed by atoms with Gasteiger partial charge in [0, 0.05) is 24.3 Å². The number of halogens is 3. The van der Waals surface area contributed by atoms with Gasteiger partial charge in [-0.25, -0.2) is 13.2 Å². The van der Waals surface area contributed by atoms with E-state index in [1.165, 1.54) is 49.6 Å². The monoisotopic (exact) mass is 534 g/mol. The lowest BCUT2D eigenvalue weighted by Crippen LogP contribution is -2.50. The molecule has 1 atom stereocenters. The molecule has 1 amide bonds. The molecule has 37 heavy (non-hydrogen) atoms. The molecule has 3 aromatic rings. The summed E-state index contributed by atoms with van der Waals surface area (Å²) in [5.41, 5.74) is -1.06. The molecule has 194 valence electrons. The van der Waals surface area contributed by atoms with E-state index in [1.54, 1.807) is 6.07 Å². The van der Waals surface area contributed by atoms with Gasteiger partial charge in [0.05, 0.1) is 17.6 Å². The van der Waals surface area contributed by atoms with Crippen LogP contribution >= 0.6 is 0 Å². The second-order valence-corrected chi connectivity index (χ2v) is 10.1. The number of carboxylic acid groups (broad SMARTS) is 1. The Morgan fingerprint density at radius 2 is 1.68 bits per heavy atom. The number of carbonyl (C=O) groups is 2. The highest BCUT2D eigenvalue weighted by Gasteiger charge is 2.41. The van der Waals surface area contributed by atoms with Crippen LogP contribution in [0.3, 0.4) is 0 Å². The molecular formula is C25H21F3N2O6S. The van der Waals surface area contributed by atoms with Gasteiger partial charge in [-0.1, -0.05) is 24.3 Å². The third-order valence-electron chi connectivity index (χ3n) is 5.92. The van der Waals surface area contributed by atoms with Crippen molar-refractivity contribution >= 4 is 27.6 Å². The van der Waals surface area contributed by atoms with Crippen LogP contribution in [-0.4, -0.2) is 49.4 Å². The van der Waals surface area contributed by atoms with E-state index in [9.17, 15) is 36.3 Å². The normalized spacial score (nSPS) is 16.5. The zero-order chi connectivity index (χ0) is 27.0. The van der Waals surface area contributed by atoms with Crippen LogP contribution in [-0.2, 0) is 27.5 Å². The van der Waals surface area contributed by atoms with Crippen molar-refractivity contribution in [2.24, 2.45) is 0 Å². The second kappa shape index (κ2) is 9.87. The van der Waals surface area contributed by atoms with Gasteiger partial charge >= 0.3 is 12.1 Å². The quantitative estimate of drug-likeness (QED) is 0.531. The van der Waals surface area contributed by atoms with Crippen LogP contribution in [0.25, 0.3) is 0 Å². The zero-order valence-electron chi connectivity index (χ0n) is 19.3. The average molecular weight is 535 g/mol. The summed E-state index contributed by atoms with van der Waals surface area (Å²) in [7, 11) is -2.81. The number of ether oxygens (including phenoxy) is 1. The van der Waals surface area contributed by atoms with Crippen molar-refractivity contribution in [1.29, 1.82) is 0 Å². The summed E-state index contributed by atoms with van der Waals surface area (Å²) in [5.74, 6) is -2.11. The Morgan fingerprint density at radius 1 is 1.00 bits per heavy atom. The number of carbonyl (C=O) groups excluding carboxylic acids is 1. The molecule has 0 aromatic heterocycles. The molecule has 0 spiro atoms. The predicted molar refractivity (Wildman–Crippen MR) is 127 cm³/mol. The highest BCUT2D eigenvalue weighted by molar-refractivity contribution is 7.89. The van der Waals surface area contributed by atoms with Gasteiger partial charge in [-0.3, -0.25) is 9.69 Å². The van der Waals surface area contributed by atoms with Crippen molar-refractivity contribution in [3.63, 3.8) is 0 Å². The summed E-state index contributed by atoms with van der Waals surface area (Å²) in [4.78, 5) is 26.6. The van der Waals surface area contributed by atoms with Crippen molar-refractivity contribution in [1.82, 2.24) is 4.31 Å². The molecule has 0 fully saturated rings. The van der Waals surface area contributed by atoms with Crippen molar-refractivity contribution in [3.8, 4) is 5.75 Å². The Morgan fingerprint density at radius 3 is 2.30 bits per heavy atom. The third kappa shape index (κ3) is 5.16. The first kappa shape index (κ1) is 26.2. The molecule has 3 aromatic carbocycles. The van der Waals surface area contributed by atoms with E-state index in [0.29, 0.717) is 17.4 Å². The first-order chi connectivity index (χ1) is 17.4. The molecule has 1 aliphatic heterocycles. The van der Waals surface area contributed by atoms with E-state index >= 15 is 0 Å². The standard InChI is InChI=1S/C25H21F3N2O6S/c1-36-19-9-11-20(12-10-19)37(34,35)29-14-17-5-2-3-8-21(17)30(22(15-29)24(32)33)23(31)16-6-4-7-18(13-16)25(26,27)28/h2-13,22H,14-15H2,1H3,(H,32,33). The summed E-state index contributed by atoms with van der Waals surface area (Å²) < 4.78 is 72.8. The highest BCUT2D eigenvalue weighted by Crippen LogP contribution is 2.34. The predicted octanol–water partition coefficient (Wildman–Crippen LogP) is 4.02. The number of hydrogen-bond acceptors (Lipinski definition) is 5. The number of anilines is 1. The van der Waals surface area contributed by atoms with Crippen molar-refractivity contribution < 1.29 is 41.0 Å². The zero-order valence-corrected chi connectivity index (χ0v) is 20.2. The Kier molecular flexibility index (Phi) is 6.98. The lowest BCUT2D eigenvalue weighted by molar-refractivity contribution is -0.139. The van der Waals surface area contributed by atoms with E-state index in [-0.39, 0.29) is 22.7 Å². The van der Waals surface area contributed by atoms with Gasteiger partial charge in [-0.2, -0.15) is 17.5 Å². The largest absolute Gasteiger partial charge is 0.497 e. The van der Waals surface area contributed by atoms with E-state index < -0.39 is 46.2 Å². The second-order valence-electron chi connectivity index (χ2n) is 8.21. The van der Waals surface area contributed by atoms with Crippen LogP contribution < -0.4 is 9.64 Å². The summed E-state index contributed by atoms with van der Waals surface area (Å²) in [6, 6.07) is 13.5. The van der Waals surface area contributed by atoms with Crippen molar-refractivity contribution in [2.75, 3.05) is 18.6 Å². The number of rotatable bonds is 5. The Balaban J connectivity index is 1.81. The molecule has 1 N–H and O–H groups in total. The Bertz CT molecular complexity index is 1440. The van der Waals surface area contributed by atoms with Gasteiger partial charge < -0.3 is 9.84 Å². The van der Waals surface area contributed by atoms with Crippen LogP contribution in [0.15, 0.2) is 77.7 Å². The van der Waals surface area contributed by atoms with E-state index in [4.69, 9.17) is 4.74 Å². The number of benzene rings is 3. The molecule has 8 nitrogen and oxygen atoms in total. The number of sulfonamides is 1. The Hall–Kier alpha value is -3.90. The molecule has 0 bridgehead atoms. The molecular weight excluding hydrogens is 513 g/mol. The van der Waals surface area contributed by atoms with E-state index in [0.717, 1.165) is 27.4 Å². The van der Waals surface area contributed by atoms with Gasteiger partial charge in [-0.15, -0.1) is 0 Å². The summed E-state index contributed by atoms with van der Waals surface area (Å²) >= 11 is 0. The van der Waals surface area contributed by atoms with Crippen LogP contribution in [0.2, 0.25) is 0 Å². The summed E-state index contributed by atoms with van der Waals surface area (Å²) in [5, 5.41) is 10.0. The Labute approximate surface area is 210 Å². The maximum absolute atomic E-state index is 13.5. The number of nitrogens with zero attached hydrogens (tertiary/aromatic N) is 2. The number of aliphatic carboxylic acids is 1. The molecule has 4 rings (SSSR count). The first-order valence-electron chi connectivity index (χ1n) is 10.9. The summed E-state index contributed by atoms with van der Waals surface area (Å²) in [6.45, 7) is -0.899. The highest BCUT2D eigenvalue weighted by atomic mass is 32.2. The number of methoxy groups -OCH3 is 1. The number of hydrogen-bond donors (Lipinski definition) is 1. The molecule has 0 radical (unpaired) electrons. The van der Waals surface area contributed by atoms with Crippen LogP contribution in [0.4, 0.5) is 18.9 Å². The fourth-order valence-electron chi connectivity index (χ4n) is 4.06. The lowest BCUT2D eigenvalue weighted by atomic mass is 10.1. The summed E-state index contributed by atoms with van der Waals surface area (Å²) in [6.07, 6.45) is -4.72. The van der Waals surface area contributed by atoms with Crippen molar-refractivity contribution in [2.45, 2.75) is 23.7 Å². The number of alkyl halides is 3. The van der Waals surface area contributed by atoms with E-state index in [2.05, 4.69) is 0 Å². The van der Waals surface area contributed by atoms with Gasteiger partial charge in [0.15, 0.2) is 0 Å². The topological polar surface area (TPSA) is 104 Å². The molecule has 0 saturated heterocycles. The fraction of sp³-hybridized carbons (Fsp3) is 0.200. The minimum Gasteiger partial charge on any atom is -0.497 e. The van der Waals surface area contributed by atoms with Gasteiger partial charge in [0.2, 0.25) is 10.0 Å². The molecule has 12 heteroatoms. The minimum absolute atomic E-state index is 0.0877. The van der Waals surface area contributed by atoms with Gasteiger partial charge in [0.25, 0.3) is 5.91 Å². The molecule has 1 heterocycles. The number of amides is 1. The van der Waals surface area contributed by atoms with Crippen LogP contribution in [0, 0.1) is 0 Å². The van der Waals surface area contributed by atoms with Gasteiger partial charge in [0.1, 0.15) is 11.8 Å². The number of fused-ring (bicyclic) bond motifs is 1. The molecule has 1 aliphatic rings. The maximum Gasteiger partial charge on any atom is 0.416 e. The lowest BCUT2D eigenvalue weighted by Gasteiger charge is -2.29. The van der Waals surface area contributed by atoms with Crippen molar-refractivity contribution in [3.05, 3.63) is 89.5 Å². The number of carboxylic acids is 1. The SMILES string of the molecule is COc1ccc(S(=O)(=O)N2Cc3ccccc3N(C(=O)c3cccc(C(F)(F)F)c3)C(C(=O)O)C2)cc1. The average Bonchev–Trinajstić information content (AvgIpc) is 3.06.